The molecule has 146 valence electrons. The van der Waals surface area contributed by atoms with E-state index < -0.39 is 0 Å². The highest BCUT2D eigenvalue weighted by Gasteiger charge is 2.42. The summed E-state index contributed by atoms with van der Waals surface area (Å²) in [6, 6.07) is 8.05. The SMILES string of the molecule is CC(C)CCN1CC[C@@H]2[C@H](CCCN2C(=O)C2CC(=O)c3ccccc32)C1. The van der Waals surface area contributed by atoms with Crippen LogP contribution in [0.4, 0.5) is 0 Å². The van der Waals surface area contributed by atoms with E-state index in [1.54, 1.807) is 0 Å². The Labute approximate surface area is 162 Å². The Morgan fingerprint density at radius 1 is 1.19 bits per heavy atom. The Hall–Kier alpha value is -1.68. The normalized spacial score (nSPS) is 28.3. The molecule has 1 aromatic carbocycles. The van der Waals surface area contributed by atoms with Crippen LogP contribution < -0.4 is 0 Å². The van der Waals surface area contributed by atoms with Gasteiger partial charge in [0.05, 0.1) is 5.92 Å². The number of rotatable bonds is 4. The van der Waals surface area contributed by atoms with Crippen molar-refractivity contribution in [1.29, 1.82) is 0 Å². The average molecular weight is 369 g/mol. The van der Waals surface area contributed by atoms with Crippen LogP contribution in [-0.2, 0) is 4.79 Å². The molecule has 4 rings (SSSR count). The van der Waals surface area contributed by atoms with Gasteiger partial charge in [-0.05, 0) is 49.6 Å². The van der Waals surface area contributed by atoms with E-state index in [4.69, 9.17) is 0 Å². The highest BCUT2D eigenvalue weighted by Crippen LogP contribution is 2.38. The molecule has 2 saturated heterocycles. The summed E-state index contributed by atoms with van der Waals surface area (Å²) in [7, 11) is 0. The molecule has 4 nitrogen and oxygen atoms in total. The van der Waals surface area contributed by atoms with Gasteiger partial charge in [-0.25, -0.2) is 0 Å². The Morgan fingerprint density at radius 2 is 2.00 bits per heavy atom. The van der Waals surface area contributed by atoms with E-state index >= 15 is 0 Å². The number of carbonyl (C=O) groups excluding carboxylic acids is 2. The van der Waals surface area contributed by atoms with E-state index in [1.165, 1.54) is 19.4 Å². The molecule has 2 fully saturated rings. The topological polar surface area (TPSA) is 40.6 Å². The van der Waals surface area contributed by atoms with Crippen molar-refractivity contribution in [2.75, 3.05) is 26.2 Å². The van der Waals surface area contributed by atoms with Gasteiger partial charge in [0.25, 0.3) is 0 Å². The first kappa shape index (κ1) is 18.7. The number of carbonyl (C=O) groups is 2. The predicted octanol–water partition coefficient (Wildman–Crippen LogP) is 3.72. The van der Waals surface area contributed by atoms with Gasteiger partial charge >= 0.3 is 0 Å². The van der Waals surface area contributed by atoms with E-state index in [1.807, 2.05) is 24.3 Å². The Morgan fingerprint density at radius 3 is 2.81 bits per heavy atom. The molecule has 0 saturated carbocycles. The summed E-state index contributed by atoms with van der Waals surface area (Å²) >= 11 is 0. The molecule has 1 aromatic rings. The Balaban J connectivity index is 1.46. The van der Waals surface area contributed by atoms with Crippen LogP contribution in [0.15, 0.2) is 24.3 Å². The van der Waals surface area contributed by atoms with Crippen LogP contribution in [0.1, 0.15) is 67.8 Å². The van der Waals surface area contributed by atoms with Crippen molar-refractivity contribution < 1.29 is 9.59 Å². The molecule has 4 heteroatoms. The molecule has 3 aliphatic rings. The van der Waals surface area contributed by atoms with Gasteiger partial charge in [-0.1, -0.05) is 38.1 Å². The highest BCUT2D eigenvalue weighted by molar-refractivity contribution is 6.06. The molecule has 1 aliphatic carbocycles. The van der Waals surface area contributed by atoms with Crippen LogP contribution in [0.3, 0.4) is 0 Å². The van der Waals surface area contributed by atoms with Crippen molar-refractivity contribution in [2.24, 2.45) is 11.8 Å². The predicted molar refractivity (Wildman–Crippen MR) is 107 cm³/mol. The lowest BCUT2D eigenvalue weighted by molar-refractivity contribution is -0.139. The van der Waals surface area contributed by atoms with Crippen LogP contribution >= 0.6 is 0 Å². The number of likely N-dealkylation sites (tertiary alicyclic amines) is 2. The van der Waals surface area contributed by atoms with E-state index in [9.17, 15) is 9.59 Å². The number of fused-ring (bicyclic) bond motifs is 2. The molecule has 2 aliphatic heterocycles. The number of benzene rings is 1. The van der Waals surface area contributed by atoms with Crippen LogP contribution in [0, 0.1) is 11.8 Å². The quantitative estimate of drug-likeness (QED) is 0.813. The summed E-state index contributed by atoms with van der Waals surface area (Å²) in [5, 5.41) is 0. The fourth-order valence-corrected chi connectivity index (χ4v) is 5.28. The van der Waals surface area contributed by atoms with Crippen molar-refractivity contribution in [2.45, 2.75) is 57.9 Å². The number of amides is 1. The van der Waals surface area contributed by atoms with Gasteiger partial charge in [-0.15, -0.1) is 0 Å². The Kier molecular flexibility index (Phi) is 5.36. The summed E-state index contributed by atoms with van der Waals surface area (Å²) in [6.45, 7) is 8.83. The molecule has 1 unspecified atom stereocenters. The lowest BCUT2D eigenvalue weighted by Crippen LogP contribution is -2.56. The number of nitrogens with zero attached hydrogens (tertiary/aromatic N) is 2. The molecule has 0 bridgehead atoms. The highest BCUT2D eigenvalue weighted by atomic mass is 16.2. The maximum Gasteiger partial charge on any atom is 0.230 e. The number of hydrogen-bond acceptors (Lipinski definition) is 3. The van der Waals surface area contributed by atoms with Gasteiger partial charge in [0.15, 0.2) is 5.78 Å². The maximum atomic E-state index is 13.4. The standard InChI is InChI=1S/C23H32N2O2/c1-16(2)9-12-24-13-10-21-17(15-24)6-5-11-25(21)23(27)20-14-22(26)19-8-4-3-7-18(19)20/h3-4,7-8,16-17,20-21H,5-6,9-15H2,1-2H3/t17-,20?,21-/m1/s1. The lowest BCUT2D eigenvalue weighted by atomic mass is 9.82. The summed E-state index contributed by atoms with van der Waals surface area (Å²) in [5.74, 6) is 1.40. The third-order valence-electron chi connectivity index (χ3n) is 6.78. The van der Waals surface area contributed by atoms with E-state index in [2.05, 4.69) is 23.6 Å². The maximum absolute atomic E-state index is 13.4. The molecule has 2 heterocycles. The zero-order valence-electron chi connectivity index (χ0n) is 16.7. The Bertz CT molecular complexity index is 714. The van der Waals surface area contributed by atoms with Gasteiger partial charge in [0.2, 0.25) is 5.91 Å². The first-order chi connectivity index (χ1) is 13.0. The van der Waals surface area contributed by atoms with Crippen LogP contribution in [-0.4, -0.2) is 53.7 Å². The van der Waals surface area contributed by atoms with Crippen molar-refractivity contribution >= 4 is 11.7 Å². The van der Waals surface area contributed by atoms with Gasteiger partial charge in [-0.3, -0.25) is 9.59 Å². The smallest absolute Gasteiger partial charge is 0.230 e. The van der Waals surface area contributed by atoms with Gasteiger partial charge < -0.3 is 9.80 Å². The number of piperidine rings is 2. The molecule has 1 amide bonds. The molecule has 3 atom stereocenters. The molecule has 27 heavy (non-hydrogen) atoms. The monoisotopic (exact) mass is 368 g/mol. The zero-order chi connectivity index (χ0) is 19.0. The van der Waals surface area contributed by atoms with Gasteiger partial charge in [-0.2, -0.15) is 0 Å². The van der Waals surface area contributed by atoms with Crippen LogP contribution in [0.2, 0.25) is 0 Å². The second-order valence-corrected chi connectivity index (χ2v) is 9.04. The van der Waals surface area contributed by atoms with Crippen LogP contribution in [0.25, 0.3) is 0 Å². The van der Waals surface area contributed by atoms with Gasteiger partial charge in [0, 0.05) is 37.7 Å². The number of ketones is 1. The first-order valence-corrected chi connectivity index (χ1v) is 10.7. The molecule has 0 N–H and O–H groups in total. The summed E-state index contributed by atoms with van der Waals surface area (Å²) in [6.07, 6.45) is 5.00. The minimum atomic E-state index is -0.258. The molecular weight excluding hydrogens is 336 g/mol. The van der Waals surface area contributed by atoms with Crippen molar-refractivity contribution in [3.8, 4) is 0 Å². The third kappa shape index (κ3) is 3.69. The largest absolute Gasteiger partial charge is 0.339 e. The molecule has 0 radical (unpaired) electrons. The summed E-state index contributed by atoms with van der Waals surface area (Å²) in [4.78, 5) is 30.5. The average Bonchev–Trinajstić information content (AvgIpc) is 3.02. The van der Waals surface area contributed by atoms with E-state index in [0.29, 0.717) is 18.4 Å². The second-order valence-electron chi connectivity index (χ2n) is 9.04. The molecule has 0 spiro atoms. The minimum Gasteiger partial charge on any atom is -0.339 e. The summed E-state index contributed by atoms with van der Waals surface area (Å²) < 4.78 is 0. The third-order valence-corrected chi connectivity index (χ3v) is 6.78. The van der Waals surface area contributed by atoms with Crippen molar-refractivity contribution in [3.05, 3.63) is 35.4 Å². The minimum absolute atomic E-state index is 0.126. The number of Topliss-reactive ketones (excluding diaryl/α,β-unsaturated/α-hetero) is 1. The van der Waals surface area contributed by atoms with E-state index in [0.717, 1.165) is 49.5 Å². The zero-order valence-corrected chi connectivity index (χ0v) is 16.7. The van der Waals surface area contributed by atoms with Crippen molar-refractivity contribution in [1.82, 2.24) is 9.80 Å². The van der Waals surface area contributed by atoms with E-state index in [-0.39, 0.29) is 17.6 Å². The fraction of sp³-hybridized carbons (Fsp3) is 0.652. The molecule has 0 aromatic heterocycles. The number of hydrogen-bond donors (Lipinski definition) is 0. The lowest BCUT2D eigenvalue weighted by Gasteiger charge is -2.48. The van der Waals surface area contributed by atoms with Gasteiger partial charge in [0.1, 0.15) is 0 Å². The summed E-state index contributed by atoms with van der Waals surface area (Å²) in [5.41, 5.74) is 1.71. The van der Waals surface area contributed by atoms with Crippen LogP contribution in [0.5, 0.6) is 0 Å². The first-order valence-electron chi connectivity index (χ1n) is 10.7. The van der Waals surface area contributed by atoms with Crippen molar-refractivity contribution in [3.63, 3.8) is 0 Å². The fourth-order valence-electron chi connectivity index (χ4n) is 5.28. The second kappa shape index (κ2) is 7.75. The molecular formula is C23H32N2O2.